The van der Waals surface area contributed by atoms with Crippen LogP contribution in [0.2, 0.25) is 0 Å². The smallest absolute Gasteiger partial charge is 0.294 e. The van der Waals surface area contributed by atoms with E-state index in [-0.39, 0.29) is 12.2 Å². The van der Waals surface area contributed by atoms with Crippen molar-refractivity contribution in [3.63, 3.8) is 0 Å². The monoisotopic (exact) mass is 289 g/mol. The maximum absolute atomic E-state index is 11.5. The fourth-order valence-electron chi connectivity index (χ4n) is 2.02. The van der Waals surface area contributed by atoms with Crippen molar-refractivity contribution < 1.29 is 4.92 Å². The number of hydrogen-bond donors (Lipinski definition) is 0. The zero-order valence-electron chi connectivity index (χ0n) is 12.0. The van der Waals surface area contributed by atoms with Crippen LogP contribution in [0.25, 0.3) is 11.1 Å². The van der Waals surface area contributed by atoms with Gasteiger partial charge >= 0.3 is 16.9 Å². The molecule has 0 aliphatic heterocycles. The Morgan fingerprint density at radius 3 is 2.14 bits per heavy atom. The molecule has 0 bridgehead atoms. The van der Waals surface area contributed by atoms with E-state index in [1.165, 1.54) is 25.1 Å². The third kappa shape index (κ3) is 2.62. The van der Waals surface area contributed by atoms with Crippen LogP contribution in [0.1, 0.15) is 12.6 Å². The summed E-state index contributed by atoms with van der Waals surface area (Å²) in [6.45, 7) is 3.08. The molecule has 1 heterocycles. The first kappa shape index (κ1) is 14.7. The minimum absolute atomic E-state index is 0.0692. The Hall–Kier alpha value is -2.70. The molecule has 1 aromatic heterocycles. The van der Waals surface area contributed by atoms with Gasteiger partial charge in [0.05, 0.1) is 4.92 Å². The predicted molar refractivity (Wildman–Crippen MR) is 78.4 cm³/mol. The van der Waals surface area contributed by atoms with E-state index in [9.17, 15) is 19.7 Å². The zero-order chi connectivity index (χ0) is 15.7. The first-order valence-electron chi connectivity index (χ1n) is 6.43. The summed E-state index contributed by atoms with van der Waals surface area (Å²) in [7, 11) is 1.40. The van der Waals surface area contributed by atoms with E-state index in [0.717, 1.165) is 9.13 Å². The quantitative estimate of drug-likeness (QED) is 0.527. The van der Waals surface area contributed by atoms with Crippen LogP contribution in [0.3, 0.4) is 0 Å². The molecular formula is C14H15N3O4. The average molecular weight is 289 g/mol. The van der Waals surface area contributed by atoms with Crippen LogP contribution >= 0.6 is 0 Å². The molecule has 0 amide bonds. The van der Waals surface area contributed by atoms with Crippen LogP contribution in [-0.2, 0) is 13.6 Å². The van der Waals surface area contributed by atoms with Crippen molar-refractivity contribution in [3.8, 4) is 11.1 Å². The molecule has 21 heavy (non-hydrogen) atoms. The van der Waals surface area contributed by atoms with Gasteiger partial charge in [0.1, 0.15) is 5.69 Å². The van der Waals surface area contributed by atoms with E-state index in [0.29, 0.717) is 0 Å². The van der Waals surface area contributed by atoms with Crippen molar-refractivity contribution in [1.82, 2.24) is 9.13 Å². The number of nitrogens with zero attached hydrogens (tertiary/aromatic N) is 3. The maximum atomic E-state index is 11.5. The van der Waals surface area contributed by atoms with E-state index in [4.69, 9.17) is 0 Å². The summed E-state index contributed by atoms with van der Waals surface area (Å²) >= 11 is 0. The SMILES string of the molecule is CCn1c(=O)c([N+](=O)[O-])c(C)n(C)c1=O.c1cc2cc-2c1. The van der Waals surface area contributed by atoms with Crippen LogP contribution in [0, 0.1) is 17.0 Å². The molecule has 0 unspecified atom stereocenters. The van der Waals surface area contributed by atoms with Crippen LogP contribution in [-0.4, -0.2) is 14.1 Å². The minimum Gasteiger partial charge on any atom is -0.294 e. The van der Waals surface area contributed by atoms with Gasteiger partial charge in [-0.25, -0.2) is 4.79 Å². The lowest BCUT2D eigenvalue weighted by Crippen LogP contribution is -2.40. The molecule has 2 aliphatic carbocycles. The third-order valence-electron chi connectivity index (χ3n) is 3.42. The summed E-state index contributed by atoms with van der Waals surface area (Å²) in [6, 6.07) is 8.48. The van der Waals surface area contributed by atoms with Crippen LogP contribution in [0.4, 0.5) is 5.69 Å². The Kier molecular flexibility index (Phi) is 3.75. The maximum Gasteiger partial charge on any atom is 0.353 e. The number of benzene rings is 1. The van der Waals surface area contributed by atoms with Gasteiger partial charge in [0.25, 0.3) is 0 Å². The molecule has 1 aromatic rings. The highest BCUT2D eigenvalue weighted by Gasteiger charge is 2.22. The molecule has 0 saturated heterocycles. The molecule has 0 saturated carbocycles. The Morgan fingerprint density at radius 2 is 1.81 bits per heavy atom. The second kappa shape index (κ2) is 5.35. The van der Waals surface area contributed by atoms with Crippen molar-refractivity contribution in [2.24, 2.45) is 7.05 Å². The molecule has 0 atom stereocenters. The lowest BCUT2D eigenvalue weighted by molar-refractivity contribution is -0.387. The first-order valence-corrected chi connectivity index (χ1v) is 6.43. The fourth-order valence-corrected chi connectivity index (χ4v) is 2.02. The summed E-state index contributed by atoms with van der Waals surface area (Å²) in [5.74, 6) is 0. The second-order valence-electron chi connectivity index (χ2n) is 4.66. The topological polar surface area (TPSA) is 87.1 Å². The highest BCUT2D eigenvalue weighted by atomic mass is 16.6. The fraction of sp³-hybridized carbons (Fsp3) is 0.286. The Labute approximate surface area is 120 Å². The second-order valence-corrected chi connectivity index (χ2v) is 4.66. The number of aromatic nitrogens is 2. The molecule has 0 aromatic carbocycles. The van der Waals surface area contributed by atoms with E-state index < -0.39 is 21.9 Å². The average Bonchev–Trinajstić information content (AvgIpc) is 3.04. The lowest BCUT2D eigenvalue weighted by atomic mass is 10.3. The summed E-state index contributed by atoms with van der Waals surface area (Å²) < 4.78 is 1.94. The number of nitro groups is 1. The van der Waals surface area contributed by atoms with Gasteiger partial charge in [-0.2, -0.15) is 0 Å². The van der Waals surface area contributed by atoms with Crippen molar-refractivity contribution in [2.75, 3.05) is 0 Å². The summed E-state index contributed by atoms with van der Waals surface area (Å²) in [5.41, 5.74) is 0.998. The summed E-state index contributed by atoms with van der Waals surface area (Å²) in [6.07, 6.45) is 0. The molecule has 0 radical (unpaired) electrons. The van der Waals surface area contributed by atoms with Gasteiger partial charge in [0.2, 0.25) is 0 Å². The Balaban J connectivity index is 0.000000218. The standard InChI is InChI=1S/C8H11N3O4.C6H4/c1-4-10-7(12)6(11(14)15)5(2)9(3)8(10)13;1-2-5-4-6(5)3-1/h4H2,1-3H3;1-4H. The van der Waals surface area contributed by atoms with Gasteiger partial charge < -0.3 is 0 Å². The summed E-state index contributed by atoms with van der Waals surface area (Å²) in [5, 5.41) is 10.7. The highest BCUT2D eigenvalue weighted by Crippen LogP contribution is 2.32. The van der Waals surface area contributed by atoms with Crippen molar-refractivity contribution in [3.05, 3.63) is 60.9 Å². The van der Waals surface area contributed by atoms with Gasteiger partial charge in [-0.3, -0.25) is 24.0 Å². The Morgan fingerprint density at radius 1 is 1.24 bits per heavy atom. The predicted octanol–water partition coefficient (Wildman–Crippen LogP) is 1.45. The van der Waals surface area contributed by atoms with Crippen LogP contribution in [0.5, 0.6) is 0 Å². The van der Waals surface area contributed by atoms with E-state index in [1.54, 1.807) is 6.92 Å². The van der Waals surface area contributed by atoms with Crippen LogP contribution < -0.4 is 11.2 Å². The number of hydrogen-bond acceptors (Lipinski definition) is 4. The molecule has 0 spiro atoms. The molecule has 7 heteroatoms. The first-order chi connectivity index (χ1) is 9.88. The van der Waals surface area contributed by atoms with Crippen molar-refractivity contribution >= 4 is 5.69 Å². The number of rotatable bonds is 2. The number of fused-ring (bicyclic) bond motifs is 1. The van der Waals surface area contributed by atoms with Crippen molar-refractivity contribution in [2.45, 2.75) is 20.4 Å². The third-order valence-corrected chi connectivity index (χ3v) is 3.42. The van der Waals surface area contributed by atoms with Gasteiger partial charge in [0.15, 0.2) is 0 Å². The van der Waals surface area contributed by atoms with Crippen molar-refractivity contribution in [1.29, 1.82) is 0 Å². The molecular weight excluding hydrogens is 274 g/mol. The molecule has 0 fully saturated rings. The van der Waals surface area contributed by atoms with E-state index in [1.807, 2.05) is 0 Å². The van der Waals surface area contributed by atoms with E-state index in [2.05, 4.69) is 24.3 Å². The molecule has 3 rings (SSSR count). The molecule has 110 valence electrons. The minimum atomic E-state index is -0.844. The lowest BCUT2D eigenvalue weighted by Gasteiger charge is -2.07. The van der Waals surface area contributed by atoms with Gasteiger partial charge in [-0.05, 0) is 31.0 Å². The largest absolute Gasteiger partial charge is 0.353 e. The van der Waals surface area contributed by atoms with Crippen LogP contribution in [0.15, 0.2) is 33.9 Å². The summed E-state index contributed by atoms with van der Waals surface area (Å²) in [4.78, 5) is 33.0. The Bertz CT molecular complexity index is 816. The van der Waals surface area contributed by atoms with Gasteiger partial charge in [-0.15, -0.1) is 0 Å². The zero-order valence-corrected chi connectivity index (χ0v) is 12.0. The molecule has 0 N–H and O–H groups in total. The highest BCUT2D eigenvalue weighted by molar-refractivity contribution is 5.80. The molecule has 7 nitrogen and oxygen atoms in total. The normalized spacial score (nSPS) is 10.6. The van der Waals surface area contributed by atoms with E-state index >= 15 is 0 Å². The van der Waals surface area contributed by atoms with Gasteiger partial charge in [0, 0.05) is 13.6 Å². The molecule has 2 aliphatic rings. The van der Waals surface area contributed by atoms with Gasteiger partial charge in [-0.1, -0.05) is 18.2 Å².